The molecule has 0 fully saturated rings. The number of hydrogen-bond acceptors (Lipinski definition) is 3. The summed E-state index contributed by atoms with van der Waals surface area (Å²) < 4.78 is 16.0. The van der Waals surface area contributed by atoms with E-state index in [0.717, 1.165) is 28.2 Å². The van der Waals surface area contributed by atoms with E-state index in [2.05, 4.69) is 37.3 Å². The fourth-order valence-corrected chi connectivity index (χ4v) is 3.17. The predicted molar refractivity (Wildman–Crippen MR) is 97.4 cm³/mol. The first kappa shape index (κ1) is 16.2. The van der Waals surface area contributed by atoms with Crippen molar-refractivity contribution in [3.8, 4) is 11.5 Å². The first-order valence-electron chi connectivity index (χ1n) is 7.88. The lowest BCUT2D eigenvalue weighted by molar-refractivity contribution is 0.337. The molecule has 0 saturated carbocycles. The fourth-order valence-electron chi connectivity index (χ4n) is 3.17. The molecule has 24 heavy (non-hydrogen) atoms. The number of hydrogen-bond donors (Lipinski definition) is 0. The first-order valence-corrected chi connectivity index (χ1v) is 7.88. The Bertz CT molecular complexity index is 787. The minimum atomic E-state index is -0.274. The summed E-state index contributed by atoms with van der Waals surface area (Å²) in [5.41, 5.74) is 4.31. The van der Waals surface area contributed by atoms with Crippen LogP contribution in [0.25, 0.3) is 11.6 Å². The zero-order valence-corrected chi connectivity index (χ0v) is 14.5. The molecule has 124 valence electrons. The van der Waals surface area contributed by atoms with Crippen molar-refractivity contribution in [2.75, 3.05) is 21.3 Å². The highest BCUT2D eigenvalue weighted by Gasteiger charge is 2.33. The molecule has 1 aliphatic rings. The van der Waals surface area contributed by atoms with E-state index in [4.69, 9.17) is 14.2 Å². The van der Waals surface area contributed by atoms with Gasteiger partial charge in [-0.2, -0.15) is 0 Å². The summed E-state index contributed by atoms with van der Waals surface area (Å²) in [6.45, 7) is 2.20. The van der Waals surface area contributed by atoms with Gasteiger partial charge < -0.3 is 14.2 Å². The highest BCUT2D eigenvalue weighted by atomic mass is 16.5. The van der Waals surface area contributed by atoms with Gasteiger partial charge in [0, 0.05) is 11.0 Å². The van der Waals surface area contributed by atoms with Crippen molar-refractivity contribution in [3.05, 3.63) is 71.5 Å². The quantitative estimate of drug-likeness (QED) is 0.765. The lowest BCUT2D eigenvalue weighted by Crippen LogP contribution is -2.24. The topological polar surface area (TPSA) is 27.7 Å². The average molecular weight is 322 g/mol. The van der Waals surface area contributed by atoms with Crippen LogP contribution in [0.1, 0.15) is 23.6 Å². The van der Waals surface area contributed by atoms with Gasteiger partial charge in [-0.3, -0.25) is 0 Å². The van der Waals surface area contributed by atoms with Crippen LogP contribution >= 0.6 is 0 Å². The molecule has 0 spiro atoms. The molecule has 0 aliphatic heterocycles. The molecule has 3 rings (SSSR count). The van der Waals surface area contributed by atoms with Crippen LogP contribution in [0.2, 0.25) is 0 Å². The number of rotatable bonds is 4. The standard InChI is InChI=1S/C21H22O3/c1-21(16-5-7-17(23-3)8-6-16)12-11-15-13-18(24-4)9-10-19(15)20(21)14-22-2/h5-14H,1-4H3. The van der Waals surface area contributed by atoms with Gasteiger partial charge in [0.2, 0.25) is 0 Å². The second-order valence-electron chi connectivity index (χ2n) is 5.98. The molecule has 0 radical (unpaired) electrons. The minimum absolute atomic E-state index is 0.274. The number of methoxy groups -OCH3 is 3. The van der Waals surface area contributed by atoms with Gasteiger partial charge in [0.05, 0.1) is 27.6 Å². The third-order valence-electron chi connectivity index (χ3n) is 4.63. The van der Waals surface area contributed by atoms with E-state index in [1.807, 2.05) is 30.5 Å². The Morgan fingerprint density at radius 3 is 2.17 bits per heavy atom. The predicted octanol–water partition coefficient (Wildman–Crippen LogP) is 4.68. The molecule has 3 heteroatoms. The largest absolute Gasteiger partial charge is 0.504 e. The van der Waals surface area contributed by atoms with Gasteiger partial charge >= 0.3 is 0 Å². The molecule has 3 nitrogen and oxygen atoms in total. The molecular weight excluding hydrogens is 300 g/mol. The van der Waals surface area contributed by atoms with Crippen molar-refractivity contribution in [2.24, 2.45) is 0 Å². The summed E-state index contributed by atoms with van der Waals surface area (Å²) in [4.78, 5) is 0. The molecule has 0 amide bonds. The number of benzene rings is 2. The van der Waals surface area contributed by atoms with Crippen molar-refractivity contribution in [2.45, 2.75) is 12.3 Å². The van der Waals surface area contributed by atoms with E-state index in [1.165, 1.54) is 5.56 Å². The van der Waals surface area contributed by atoms with Crippen molar-refractivity contribution < 1.29 is 14.2 Å². The van der Waals surface area contributed by atoms with E-state index in [-0.39, 0.29) is 5.41 Å². The van der Waals surface area contributed by atoms with Crippen LogP contribution in [0.4, 0.5) is 0 Å². The maximum atomic E-state index is 5.40. The van der Waals surface area contributed by atoms with Crippen LogP contribution in [0.15, 0.2) is 54.8 Å². The molecule has 0 bridgehead atoms. The van der Waals surface area contributed by atoms with E-state index in [0.29, 0.717) is 0 Å². The molecule has 1 unspecified atom stereocenters. The van der Waals surface area contributed by atoms with E-state index in [9.17, 15) is 0 Å². The molecule has 0 N–H and O–H groups in total. The molecule has 1 atom stereocenters. The summed E-state index contributed by atoms with van der Waals surface area (Å²) in [6.07, 6.45) is 6.19. The maximum Gasteiger partial charge on any atom is 0.119 e. The first-order chi connectivity index (χ1) is 11.6. The van der Waals surface area contributed by atoms with Crippen LogP contribution in [-0.4, -0.2) is 21.3 Å². The smallest absolute Gasteiger partial charge is 0.119 e. The molecule has 0 aromatic heterocycles. The van der Waals surface area contributed by atoms with E-state index in [1.54, 1.807) is 21.3 Å². The minimum Gasteiger partial charge on any atom is -0.504 e. The van der Waals surface area contributed by atoms with Crippen LogP contribution < -0.4 is 9.47 Å². The third kappa shape index (κ3) is 2.67. The lowest BCUT2D eigenvalue weighted by Gasteiger charge is -2.34. The molecule has 1 aliphatic carbocycles. The van der Waals surface area contributed by atoms with Crippen LogP contribution in [-0.2, 0) is 10.2 Å². The Morgan fingerprint density at radius 2 is 1.54 bits per heavy atom. The monoisotopic (exact) mass is 322 g/mol. The Hall–Kier alpha value is -2.68. The van der Waals surface area contributed by atoms with Crippen molar-refractivity contribution >= 4 is 11.6 Å². The summed E-state index contributed by atoms with van der Waals surface area (Å²) in [5, 5.41) is 0. The highest BCUT2D eigenvalue weighted by Crippen LogP contribution is 2.45. The Morgan fingerprint density at radius 1 is 0.875 bits per heavy atom. The molecule has 2 aromatic rings. The Labute approximate surface area is 143 Å². The van der Waals surface area contributed by atoms with Crippen LogP contribution in [0.3, 0.4) is 0 Å². The van der Waals surface area contributed by atoms with Gasteiger partial charge in [0.1, 0.15) is 11.5 Å². The SMILES string of the molecule is COC=C1c2ccc(OC)cc2C=CC1(C)c1ccc(OC)cc1. The van der Waals surface area contributed by atoms with Gasteiger partial charge in [-0.1, -0.05) is 30.4 Å². The molecule has 2 aromatic carbocycles. The summed E-state index contributed by atoms with van der Waals surface area (Å²) in [5.74, 6) is 1.70. The van der Waals surface area contributed by atoms with Crippen molar-refractivity contribution in [3.63, 3.8) is 0 Å². The van der Waals surface area contributed by atoms with E-state index >= 15 is 0 Å². The van der Waals surface area contributed by atoms with Crippen LogP contribution in [0.5, 0.6) is 11.5 Å². The number of allylic oxidation sites excluding steroid dienone is 2. The zero-order chi connectivity index (χ0) is 17.2. The maximum absolute atomic E-state index is 5.40. The summed E-state index contributed by atoms with van der Waals surface area (Å²) >= 11 is 0. The average Bonchev–Trinajstić information content (AvgIpc) is 2.64. The van der Waals surface area contributed by atoms with Crippen molar-refractivity contribution in [1.82, 2.24) is 0 Å². The number of fused-ring (bicyclic) bond motifs is 1. The zero-order valence-electron chi connectivity index (χ0n) is 14.5. The lowest BCUT2D eigenvalue weighted by atomic mass is 9.69. The van der Waals surface area contributed by atoms with Gasteiger partial charge in [-0.05, 0) is 47.9 Å². The van der Waals surface area contributed by atoms with Gasteiger partial charge in [-0.25, -0.2) is 0 Å². The second kappa shape index (κ2) is 6.44. The summed E-state index contributed by atoms with van der Waals surface area (Å²) in [7, 11) is 5.04. The second-order valence-corrected chi connectivity index (χ2v) is 5.98. The summed E-state index contributed by atoms with van der Waals surface area (Å²) in [6, 6.07) is 14.3. The molecule has 0 heterocycles. The van der Waals surface area contributed by atoms with Gasteiger partial charge in [-0.15, -0.1) is 0 Å². The van der Waals surface area contributed by atoms with E-state index < -0.39 is 0 Å². The third-order valence-corrected chi connectivity index (χ3v) is 4.63. The van der Waals surface area contributed by atoms with Crippen molar-refractivity contribution in [1.29, 1.82) is 0 Å². The van der Waals surface area contributed by atoms with Gasteiger partial charge in [0.15, 0.2) is 0 Å². The Kier molecular flexibility index (Phi) is 4.34. The molecular formula is C21H22O3. The Balaban J connectivity index is 2.12. The fraction of sp³-hybridized carbons (Fsp3) is 0.238. The van der Waals surface area contributed by atoms with Gasteiger partial charge in [0.25, 0.3) is 0 Å². The normalized spacial score (nSPS) is 20.6. The number of ether oxygens (including phenoxy) is 3. The molecule has 0 saturated heterocycles. The highest BCUT2D eigenvalue weighted by molar-refractivity contribution is 5.87. The van der Waals surface area contributed by atoms with Crippen LogP contribution in [0, 0.1) is 0 Å².